The standard InChI is InChI=1S/C26H46N4O5S/c1-20-15-24(34-8)16-21(2)26(20)36(32,33)30(7)13-14-35-19-25(31)29(6)18-22-9-10-23(17-22)28(5)12-11-27(3)4/h15-16,22-23H,9-14,17-19H2,1-8H3/t22-,23-/m0/s1. The Labute approximate surface area is 218 Å². The van der Waals surface area contributed by atoms with E-state index in [4.69, 9.17) is 9.47 Å². The normalized spacial score (nSPS) is 18.4. The minimum atomic E-state index is -3.68. The number of benzene rings is 1. The molecule has 1 aliphatic rings. The van der Waals surface area contributed by atoms with Crippen molar-refractivity contribution in [1.82, 2.24) is 19.0 Å². The van der Waals surface area contributed by atoms with Crippen LogP contribution in [0.4, 0.5) is 0 Å². The molecule has 0 saturated heterocycles. The number of carbonyl (C=O) groups excluding carboxylic acids is 1. The molecule has 9 nitrogen and oxygen atoms in total. The molecule has 1 aliphatic carbocycles. The van der Waals surface area contributed by atoms with Gasteiger partial charge in [0.2, 0.25) is 15.9 Å². The van der Waals surface area contributed by atoms with Gasteiger partial charge in [0.15, 0.2) is 0 Å². The van der Waals surface area contributed by atoms with Crippen LogP contribution in [-0.4, -0.2) is 121 Å². The summed E-state index contributed by atoms with van der Waals surface area (Å²) in [6, 6.07) is 4.01. The van der Waals surface area contributed by atoms with Crippen LogP contribution in [0.5, 0.6) is 5.75 Å². The van der Waals surface area contributed by atoms with Crippen LogP contribution in [0.3, 0.4) is 0 Å². The molecular formula is C26H46N4O5S. The van der Waals surface area contributed by atoms with Gasteiger partial charge in [0.1, 0.15) is 12.4 Å². The van der Waals surface area contributed by atoms with Crippen LogP contribution in [0.15, 0.2) is 17.0 Å². The Balaban J connectivity index is 1.76. The van der Waals surface area contributed by atoms with E-state index in [0.29, 0.717) is 28.8 Å². The molecule has 2 rings (SSSR count). The molecule has 1 aromatic carbocycles. The summed E-state index contributed by atoms with van der Waals surface area (Å²) in [5.74, 6) is 1.05. The lowest BCUT2D eigenvalue weighted by atomic mass is 10.1. The van der Waals surface area contributed by atoms with Gasteiger partial charge in [-0.05, 0) is 83.4 Å². The third-order valence-electron chi connectivity index (χ3n) is 7.11. The molecule has 1 saturated carbocycles. The molecule has 0 heterocycles. The largest absolute Gasteiger partial charge is 0.497 e. The van der Waals surface area contributed by atoms with Crippen LogP contribution in [0.25, 0.3) is 0 Å². The van der Waals surface area contributed by atoms with E-state index in [1.807, 2.05) is 7.05 Å². The predicted octanol–water partition coefficient (Wildman–Crippen LogP) is 2.07. The second-order valence-corrected chi connectivity index (χ2v) is 12.3. The molecule has 0 bridgehead atoms. The zero-order valence-electron chi connectivity index (χ0n) is 23.4. The third-order valence-corrected chi connectivity index (χ3v) is 9.27. The smallest absolute Gasteiger partial charge is 0.248 e. The van der Waals surface area contributed by atoms with E-state index in [-0.39, 0.29) is 30.6 Å². The minimum Gasteiger partial charge on any atom is -0.497 e. The number of hydrogen-bond donors (Lipinski definition) is 0. The lowest BCUT2D eigenvalue weighted by Crippen LogP contribution is -2.37. The number of hydrogen-bond acceptors (Lipinski definition) is 7. The van der Waals surface area contributed by atoms with Gasteiger partial charge in [0, 0.05) is 46.3 Å². The van der Waals surface area contributed by atoms with E-state index in [0.717, 1.165) is 32.5 Å². The molecule has 0 aliphatic heterocycles. The second-order valence-electron chi connectivity index (χ2n) is 10.4. The Hall–Kier alpha value is -1.72. The fraction of sp³-hybridized carbons (Fsp3) is 0.731. The maximum atomic E-state index is 13.1. The Bertz CT molecular complexity index is 946. The number of sulfonamides is 1. The molecule has 0 aromatic heterocycles. The average Bonchev–Trinajstić information content (AvgIpc) is 3.27. The van der Waals surface area contributed by atoms with Crippen molar-refractivity contribution < 1.29 is 22.7 Å². The van der Waals surface area contributed by atoms with Crippen LogP contribution in [-0.2, 0) is 19.6 Å². The summed E-state index contributed by atoms with van der Waals surface area (Å²) in [4.78, 5) is 19.2. The number of aryl methyl sites for hydroxylation is 2. The first-order valence-corrected chi connectivity index (χ1v) is 14.1. The van der Waals surface area contributed by atoms with E-state index >= 15 is 0 Å². The van der Waals surface area contributed by atoms with Crippen molar-refractivity contribution in [2.45, 2.75) is 44.0 Å². The maximum Gasteiger partial charge on any atom is 0.248 e. The van der Waals surface area contributed by atoms with Crippen molar-refractivity contribution in [3.05, 3.63) is 23.3 Å². The summed E-state index contributed by atoms with van der Waals surface area (Å²) in [7, 11) is 7.59. The molecule has 1 aromatic rings. The molecule has 36 heavy (non-hydrogen) atoms. The molecular weight excluding hydrogens is 480 g/mol. The third kappa shape index (κ3) is 8.41. The summed E-state index contributed by atoms with van der Waals surface area (Å²) >= 11 is 0. The van der Waals surface area contributed by atoms with Gasteiger partial charge in [-0.2, -0.15) is 4.31 Å². The van der Waals surface area contributed by atoms with Crippen molar-refractivity contribution in [2.75, 3.05) is 81.7 Å². The van der Waals surface area contributed by atoms with Crippen LogP contribution < -0.4 is 4.74 Å². The second kappa shape index (κ2) is 13.7. The van der Waals surface area contributed by atoms with E-state index < -0.39 is 10.0 Å². The molecule has 2 atom stereocenters. The summed E-state index contributed by atoms with van der Waals surface area (Å²) in [6.45, 7) is 6.59. The first kappa shape index (κ1) is 30.5. The van der Waals surface area contributed by atoms with Crippen molar-refractivity contribution >= 4 is 15.9 Å². The Kier molecular flexibility index (Phi) is 11.6. The number of carbonyl (C=O) groups is 1. The van der Waals surface area contributed by atoms with E-state index in [1.165, 1.54) is 17.8 Å². The monoisotopic (exact) mass is 526 g/mol. The number of nitrogens with zero attached hydrogens (tertiary/aromatic N) is 4. The lowest BCUT2D eigenvalue weighted by Gasteiger charge is -2.26. The maximum absolute atomic E-state index is 13.1. The Morgan fingerprint density at radius 2 is 1.64 bits per heavy atom. The topological polar surface area (TPSA) is 82.6 Å². The van der Waals surface area contributed by atoms with Gasteiger partial charge in [-0.25, -0.2) is 8.42 Å². The summed E-state index contributed by atoms with van der Waals surface area (Å²) < 4.78 is 38.3. The zero-order valence-corrected chi connectivity index (χ0v) is 24.2. The fourth-order valence-corrected chi connectivity index (χ4v) is 6.38. The SMILES string of the molecule is COc1cc(C)c(S(=O)(=O)N(C)CCOCC(=O)N(C)C[C@H]2CC[C@H](N(C)CCN(C)C)C2)c(C)c1. The number of amides is 1. The van der Waals surface area contributed by atoms with Gasteiger partial charge < -0.3 is 24.2 Å². The zero-order chi connectivity index (χ0) is 27.0. The number of ether oxygens (including phenoxy) is 2. The molecule has 10 heteroatoms. The van der Waals surface area contributed by atoms with Crippen LogP contribution in [0.2, 0.25) is 0 Å². The van der Waals surface area contributed by atoms with E-state index in [2.05, 4.69) is 30.9 Å². The van der Waals surface area contributed by atoms with Crippen LogP contribution in [0, 0.1) is 19.8 Å². The Morgan fingerprint density at radius 3 is 2.22 bits per heavy atom. The van der Waals surface area contributed by atoms with Crippen molar-refractivity contribution in [3.8, 4) is 5.75 Å². The summed E-state index contributed by atoms with van der Waals surface area (Å²) in [5, 5.41) is 0. The number of rotatable bonds is 14. The van der Waals surface area contributed by atoms with Crippen molar-refractivity contribution in [3.63, 3.8) is 0 Å². The highest BCUT2D eigenvalue weighted by Crippen LogP contribution is 2.29. The van der Waals surface area contributed by atoms with E-state index in [1.54, 1.807) is 38.0 Å². The molecule has 0 radical (unpaired) electrons. The molecule has 0 spiro atoms. The highest BCUT2D eigenvalue weighted by atomic mass is 32.2. The fourth-order valence-electron chi connectivity index (χ4n) is 4.82. The predicted molar refractivity (Wildman–Crippen MR) is 143 cm³/mol. The molecule has 1 amide bonds. The van der Waals surface area contributed by atoms with Crippen LogP contribution >= 0.6 is 0 Å². The number of methoxy groups -OCH3 is 1. The molecule has 1 fully saturated rings. The highest BCUT2D eigenvalue weighted by molar-refractivity contribution is 7.89. The number of likely N-dealkylation sites (N-methyl/N-ethyl adjacent to an activating group) is 4. The average molecular weight is 527 g/mol. The van der Waals surface area contributed by atoms with Gasteiger partial charge in [0.25, 0.3) is 0 Å². The van der Waals surface area contributed by atoms with Gasteiger partial charge >= 0.3 is 0 Å². The van der Waals surface area contributed by atoms with Crippen LogP contribution in [0.1, 0.15) is 30.4 Å². The van der Waals surface area contributed by atoms with E-state index in [9.17, 15) is 13.2 Å². The minimum absolute atomic E-state index is 0.0517. The quantitative estimate of drug-likeness (QED) is 0.343. The summed E-state index contributed by atoms with van der Waals surface area (Å²) in [5.41, 5.74) is 1.27. The van der Waals surface area contributed by atoms with Crippen molar-refractivity contribution in [2.24, 2.45) is 5.92 Å². The lowest BCUT2D eigenvalue weighted by molar-refractivity contribution is -0.135. The van der Waals surface area contributed by atoms with Gasteiger partial charge in [-0.3, -0.25) is 4.79 Å². The first-order valence-electron chi connectivity index (χ1n) is 12.6. The van der Waals surface area contributed by atoms with Gasteiger partial charge in [-0.15, -0.1) is 0 Å². The highest BCUT2D eigenvalue weighted by Gasteiger charge is 2.29. The molecule has 206 valence electrons. The first-order chi connectivity index (χ1) is 16.9. The summed E-state index contributed by atoms with van der Waals surface area (Å²) in [6.07, 6.45) is 3.40. The molecule has 0 unspecified atom stereocenters. The van der Waals surface area contributed by atoms with Crippen molar-refractivity contribution in [1.29, 1.82) is 0 Å². The Morgan fingerprint density at radius 1 is 1.00 bits per heavy atom. The van der Waals surface area contributed by atoms with Gasteiger partial charge in [0.05, 0.1) is 18.6 Å². The molecule has 0 N–H and O–H groups in total. The van der Waals surface area contributed by atoms with Gasteiger partial charge in [-0.1, -0.05) is 0 Å².